The fourth-order valence-electron chi connectivity index (χ4n) is 2.00. The van der Waals surface area contributed by atoms with Crippen molar-refractivity contribution in [3.63, 3.8) is 0 Å². The number of ether oxygens (including phenoxy) is 1. The van der Waals surface area contributed by atoms with Gasteiger partial charge in [0.05, 0.1) is 6.61 Å². The van der Waals surface area contributed by atoms with Gasteiger partial charge in [-0.1, -0.05) is 42.8 Å². The quantitative estimate of drug-likeness (QED) is 0.649. The number of aryl methyl sites for hydroxylation is 1. The molecule has 1 rings (SSSR count). The molecule has 0 aliphatic heterocycles. The molecule has 0 amide bonds. The normalized spacial score (nSPS) is 12.5. The topological polar surface area (TPSA) is 9.23 Å². The average molecular weight is 299 g/mol. The highest BCUT2D eigenvalue weighted by Gasteiger charge is 2.10. The first kappa shape index (κ1) is 14.6. The summed E-state index contributed by atoms with van der Waals surface area (Å²) in [6, 6.07) is 6.54. The van der Waals surface area contributed by atoms with Crippen LogP contribution < -0.4 is 4.74 Å². The summed E-state index contributed by atoms with van der Waals surface area (Å²) in [7, 11) is 0. The molecular formula is C15H23BrO. The van der Waals surface area contributed by atoms with Crippen LogP contribution >= 0.6 is 15.9 Å². The molecule has 0 radical (unpaired) electrons. The molecule has 0 aliphatic rings. The summed E-state index contributed by atoms with van der Waals surface area (Å²) in [5.74, 6) is 1.63. The lowest BCUT2D eigenvalue weighted by Crippen LogP contribution is -2.01. The minimum absolute atomic E-state index is 0.615. The Morgan fingerprint density at radius 3 is 2.65 bits per heavy atom. The van der Waals surface area contributed by atoms with E-state index in [0.717, 1.165) is 30.5 Å². The van der Waals surface area contributed by atoms with Gasteiger partial charge in [0.15, 0.2) is 0 Å². The van der Waals surface area contributed by atoms with Crippen molar-refractivity contribution in [1.82, 2.24) is 0 Å². The van der Waals surface area contributed by atoms with Crippen LogP contribution in [-0.4, -0.2) is 11.9 Å². The highest BCUT2D eigenvalue weighted by atomic mass is 79.9. The van der Waals surface area contributed by atoms with Gasteiger partial charge in [-0.2, -0.15) is 0 Å². The van der Waals surface area contributed by atoms with Crippen molar-refractivity contribution in [1.29, 1.82) is 0 Å². The molecule has 2 heteroatoms. The van der Waals surface area contributed by atoms with Crippen LogP contribution in [0.1, 0.15) is 50.7 Å². The first-order valence-electron chi connectivity index (χ1n) is 6.54. The molecule has 0 saturated carbocycles. The molecule has 0 N–H and O–H groups in total. The zero-order valence-electron chi connectivity index (χ0n) is 11.1. The van der Waals surface area contributed by atoms with Crippen LogP contribution in [0.25, 0.3) is 0 Å². The minimum atomic E-state index is 0.615. The number of rotatable bonds is 7. The predicted molar refractivity (Wildman–Crippen MR) is 78.4 cm³/mol. The van der Waals surface area contributed by atoms with E-state index in [1.54, 1.807) is 0 Å². The molecule has 0 heterocycles. The lowest BCUT2D eigenvalue weighted by Gasteiger charge is -2.16. The molecule has 1 nitrogen and oxygen atoms in total. The molecule has 96 valence electrons. The molecule has 0 bridgehead atoms. The lowest BCUT2D eigenvalue weighted by molar-refractivity contribution is 0.317. The van der Waals surface area contributed by atoms with Crippen molar-refractivity contribution in [3.05, 3.63) is 29.3 Å². The van der Waals surface area contributed by atoms with E-state index in [1.807, 2.05) is 0 Å². The third kappa shape index (κ3) is 4.34. The van der Waals surface area contributed by atoms with Crippen molar-refractivity contribution in [3.8, 4) is 5.75 Å². The van der Waals surface area contributed by atoms with Gasteiger partial charge in [-0.25, -0.2) is 0 Å². The number of hydrogen-bond acceptors (Lipinski definition) is 1. The van der Waals surface area contributed by atoms with Crippen LogP contribution in [0.5, 0.6) is 5.75 Å². The van der Waals surface area contributed by atoms with E-state index < -0.39 is 0 Å². The summed E-state index contributed by atoms with van der Waals surface area (Å²) < 4.78 is 5.68. The molecular weight excluding hydrogens is 276 g/mol. The second-order valence-electron chi connectivity index (χ2n) is 4.44. The molecule has 0 fully saturated rings. The Balaban J connectivity index is 2.84. The van der Waals surface area contributed by atoms with Crippen LogP contribution in [0.3, 0.4) is 0 Å². The Morgan fingerprint density at radius 1 is 1.29 bits per heavy atom. The highest BCUT2D eigenvalue weighted by Crippen LogP contribution is 2.27. The Morgan fingerprint density at radius 2 is 2.06 bits per heavy atom. The summed E-state index contributed by atoms with van der Waals surface area (Å²) >= 11 is 3.52. The largest absolute Gasteiger partial charge is 0.494 e. The summed E-state index contributed by atoms with van der Waals surface area (Å²) in [4.78, 5) is 0. The van der Waals surface area contributed by atoms with Crippen LogP contribution in [0, 0.1) is 0 Å². The smallest absolute Gasteiger partial charge is 0.119 e. The van der Waals surface area contributed by atoms with Crippen LogP contribution in [-0.2, 0) is 6.42 Å². The molecule has 0 aromatic heterocycles. The molecule has 1 atom stereocenters. The molecule has 0 saturated heterocycles. The third-order valence-electron chi connectivity index (χ3n) is 3.04. The Labute approximate surface area is 114 Å². The van der Waals surface area contributed by atoms with Crippen molar-refractivity contribution in [2.75, 3.05) is 11.9 Å². The zero-order chi connectivity index (χ0) is 12.7. The fourth-order valence-corrected chi connectivity index (χ4v) is 2.68. The van der Waals surface area contributed by atoms with Gasteiger partial charge in [-0.05, 0) is 48.4 Å². The molecule has 0 spiro atoms. The second kappa shape index (κ2) is 7.75. The maximum atomic E-state index is 5.68. The number of halogens is 1. The first-order chi connectivity index (χ1) is 8.22. The molecule has 1 aromatic carbocycles. The van der Waals surface area contributed by atoms with E-state index in [2.05, 4.69) is 54.9 Å². The van der Waals surface area contributed by atoms with Crippen molar-refractivity contribution >= 4 is 15.9 Å². The monoisotopic (exact) mass is 298 g/mol. The zero-order valence-corrected chi connectivity index (χ0v) is 12.7. The van der Waals surface area contributed by atoms with Gasteiger partial charge in [0.2, 0.25) is 0 Å². The van der Waals surface area contributed by atoms with Crippen LogP contribution in [0.2, 0.25) is 0 Å². The molecule has 1 unspecified atom stereocenters. The Kier molecular flexibility index (Phi) is 6.64. The predicted octanol–water partition coefficient (Wildman–Crippen LogP) is 4.93. The van der Waals surface area contributed by atoms with Gasteiger partial charge >= 0.3 is 0 Å². The van der Waals surface area contributed by atoms with Gasteiger partial charge in [0.1, 0.15) is 5.75 Å². The lowest BCUT2D eigenvalue weighted by atomic mass is 9.92. The molecule has 0 aliphatic carbocycles. The fraction of sp³-hybridized carbons (Fsp3) is 0.600. The SMILES string of the molecule is CCCOc1ccc(C(C)CCBr)c(CC)c1. The van der Waals surface area contributed by atoms with E-state index in [1.165, 1.54) is 17.5 Å². The van der Waals surface area contributed by atoms with Crippen LogP contribution in [0.4, 0.5) is 0 Å². The maximum Gasteiger partial charge on any atom is 0.119 e. The third-order valence-corrected chi connectivity index (χ3v) is 3.50. The summed E-state index contributed by atoms with van der Waals surface area (Å²) in [6.45, 7) is 7.44. The van der Waals surface area contributed by atoms with E-state index >= 15 is 0 Å². The van der Waals surface area contributed by atoms with Crippen molar-refractivity contribution in [2.45, 2.75) is 46.0 Å². The minimum Gasteiger partial charge on any atom is -0.494 e. The van der Waals surface area contributed by atoms with Crippen molar-refractivity contribution < 1.29 is 4.74 Å². The Bertz CT molecular complexity index is 336. The number of alkyl halides is 1. The Hall–Kier alpha value is -0.500. The van der Waals surface area contributed by atoms with Gasteiger partial charge in [-0.3, -0.25) is 0 Å². The van der Waals surface area contributed by atoms with Crippen LogP contribution in [0.15, 0.2) is 18.2 Å². The number of benzene rings is 1. The van der Waals surface area contributed by atoms with Gasteiger partial charge in [0.25, 0.3) is 0 Å². The maximum absolute atomic E-state index is 5.68. The van der Waals surface area contributed by atoms with E-state index in [0.29, 0.717) is 5.92 Å². The van der Waals surface area contributed by atoms with Gasteiger partial charge in [0, 0.05) is 5.33 Å². The second-order valence-corrected chi connectivity index (χ2v) is 5.23. The van der Waals surface area contributed by atoms with E-state index in [9.17, 15) is 0 Å². The summed E-state index contributed by atoms with van der Waals surface area (Å²) in [5, 5.41) is 1.06. The summed E-state index contributed by atoms with van der Waals surface area (Å²) in [5.41, 5.74) is 2.89. The van der Waals surface area contributed by atoms with E-state index in [-0.39, 0.29) is 0 Å². The summed E-state index contributed by atoms with van der Waals surface area (Å²) in [6.07, 6.45) is 3.32. The number of hydrogen-bond donors (Lipinski definition) is 0. The highest BCUT2D eigenvalue weighted by molar-refractivity contribution is 9.09. The van der Waals surface area contributed by atoms with E-state index in [4.69, 9.17) is 4.74 Å². The molecule has 17 heavy (non-hydrogen) atoms. The first-order valence-corrected chi connectivity index (χ1v) is 7.66. The van der Waals surface area contributed by atoms with Crippen molar-refractivity contribution in [2.24, 2.45) is 0 Å². The molecule has 1 aromatic rings. The van der Waals surface area contributed by atoms with Gasteiger partial charge in [-0.15, -0.1) is 0 Å². The van der Waals surface area contributed by atoms with Gasteiger partial charge < -0.3 is 4.74 Å². The standard InChI is InChI=1S/C15H23BrO/c1-4-10-17-14-6-7-15(12(3)8-9-16)13(5-2)11-14/h6-7,11-12H,4-5,8-10H2,1-3H3. The average Bonchev–Trinajstić information content (AvgIpc) is 2.36.